The molecule has 0 saturated carbocycles. The maximum absolute atomic E-state index is 11.0. The molecule has 0 fully saturated rings. The number of rotatable bonds is 2. The lowest BCUT2D eigenvalue weighted by Crippen LogP contribution is -2.06. The van der Waals surface area contributed by atoms with Crippen LogP contribution in [0.3, 0.4) is 0 Å². The second-order valence-corrected chi connectivity index (χ2v) is 2.83. The monoisotopic (exact) mass is 164 g/mol. The highest BCUT2D eigenvalue weighted by atomic mass is 16.5. The van der Waals surface area contributed by atoms with Crippen molar-refractivity contribution in [3.8, 4) is 5.75 Å². The van der Waals surface area contributed by atoms with Crippen LogP contribution < -0.4 is 10.2 Å². The van der Waals surface area contributed by atoms with Gasteiger partial charge in [-0.1, -0.05) is 12.1 Å². The summed E-state index contributed by atoms with van der Waals surface area (Å²) in [6.07, 6.45) is 0.104. The molecular weight excluding hydrogens is 152 g/mol. The molecule has 2 heteroatoms. The van der Waals surface area contributed by atoms with Crippen LogP contribution in [0.1, 0.15) is 13.8 Å². The molecule has 0 aliphatic heterocycles. The predicted molar refractivity (Wildman–Crippen MR) is 48.5 cm³/mol. The van der Waals surface area contributed by atoms with Gasteiger partial charge in [-0.25, -0.2) is 0 Å². The summed E-state index contributed by atoms with van der Waals surface area (Å²) in [5.41, 5.74) is -0.0318. The minimum atomic E-state index is -0.0318. The lowest BCUT2D eigenvalue weighted by Gasteiger charge is -2.06. The van der Waals surface area contributed by atoms with Crippen molar-refractivity contribution in [2.24, 2.45) is 0 Å². The van der Waals surface area contributed by atoms with Crippen molar-refractivity contribution in [3.63, 3.8) is 0 Å². The van der Waals surface area contributed by atoms with Crippen LogP contribution in [0.25, 0.3) is 0 Å². The average Bonchev–Trinajstić information content (AvgIpc) is 2.12. The molecule has 0 aliphatic rings. The van der Waals surface area contributed by atoms with E-state index in [0.717, 1.165) is 0 Å². The molecule has 0 bridgehead atoms. The highest BCUT2D eigenvalue weighted by Crippen LogP contribution is 2.06. The molecule has 0 spiro atoms. The SMILES string of the molecule is CC(C)Oc1ccccc(=O)c1. The van der Waals surface area contributed by atoms with Gasteiger partial charge in [-0.2, -0.15) is 0 Å². The first-order chi connectivity index (χ1) is 5.68. The fourth-order valence-electron chi connectivity index (χ4n) is 0.883. The molecular formula is C10H12O2. The highest BCUT2D eigenvalue weighted by molar-refractivity contribution is 5.20. The number of ether oxygens (including phenoxy) is 1. The maximum atomic E-state index is 11.0. The molecule has 0 unspecified atom stereocenters. The van der Waals surface area contributed by atoms with Crippen LogP contribution >= 0.6 is 0 Å². The van der Waals surface area contributed by atoms with E-state index >= 15 is 0 Å². The van der Waals surface area contributed by atoms with Crippen LogP contribution in [0.4, 0.5) is 0 Å². The van der Waals surface area contributed by atoms with E-state index in [1.54, 1.807) is 18.2 Å². The quantitative estimate of drug-likeness (QED) is 0.666. The van der Waals surface area contributed by atoms with E-state index in [2.05, 4.69) is 0 Å². The van der Waals surface area contributed by atoms with Crippen LogP contribution in [-0.4, -0.2) is 6.10 Å². The summed E-state index contributed by atoms with van der Waals surface area (Å²) in [6, 6.07) is 8.27. The van der Waals surface area contributed by atoms with Crippen molar-refractivity contribution in [1.82, 2.24) is 0 Å². The third-order valence-corrected chi connectivity index (χ3v) is 1.29. The molecule has 0 aliphatic carbocycles. The summed E-state index contributed by atoms with van der Waals surface area (Å²) in [5, 5.41) is 0. The smallest absolute Gasteiger partial charge is 0.182 e. The van der Waals surface area contributed by atoms with E-state index in [0.29, 0.717) is 5.75 Å². The summed E-state index contributed by atoms with van der Waals surface area (Å²) in [5.74, 6) is 0.625. The molecule has 1 aromatic carbocycles. The van der Waals surface area contributed by atoms with Gasteiger partial charge in [0.05, 0.1) is 6.10 Å². The summed E-state index contributed by atoms with van der Waals surface area (Å²) in [6.45, 7) is 3.86. The molecule has 0 aromatic heterocycles. The van der Waals surface area contributed by atoms with E-state index in [1.165, 1.54) is 12.1 Å². The normalized spacial score (nSPS) is 9.92. The Balaban J connectivity index is 2.95. The van der Waals surface area contributed by atoms with Crippen LogP contribution in [0, 0.1) is 0 Å². The topological polar surface area (TPSA) is 26.3 Å². The molecule has 0 heterocycles. The van der Waals surface area contributed by atoms with Crippen LogP contribution in [0.15, 0.2) is 35.1 Å². The Hall–Kier alpha value is -1.31. The summed E-state index contributed by atoms with van der Waals surface area (Å²) in [4.78, 5) is 11.0. The molecule has 1 rings (SSSR count). The van der Waals surface area contributed by atoms with Gasteiger partial charge in [-0.3, -0.25) is 4.79 Å². The van der Waals surface area contributed by atoms with Gasteiger partial charge < -0.3 is 4.74 Å². The summed E-state index contributed by atoms with van der Waals surface area (Å²) >= 11 is 0. The van der Waals surface area contributed by atoms with Crippen molar-refractivity contribution in [1.29, 1.82) is 0 Å². The van der Waals surface area contributed by atoms with Crippen molar-refractivity contribution < 1.29 is 4.74 Å². The van der Waals surface area contributed by atoms with Crippen molar-refractivity contribution in [2.75, 3.05) is 0 Å². The van der Waals surface area contributed by atoms with E-state index < -0.39 is 0 Å². The molecule has 1 aromatic rings. The fraction of sp³-hybridized carbons (Fsp3) is 0.300. The maximum Gasteiger partial charge on any atom is 0.182 e. The molecule has 12 heavy (non-hydrogen) atoms. The Morgan fingerprint density at radius 2 is 1.92 bits per heavy atom. The predicted octanol–water partition coefficient (Wildman–Crippen LogP) is 1.83. The van der Waals surface area contributed by atoms with Gasteiger partial charge >= 0.3 is 0 Å². The lowest BCUT2D eigenvalue weighted by molar-refractivity contribution is 0.242. The third-order valence-electron chi connectivity index (χ3n) is 1.29. The van der Waals surface area contributed by atoms with E-state index in [1.807, 2.05) is 13.8 Å². The number of hydrogen-bond acceptors (Lipinski definition) is 2. The van der Waals surface area contributed by atoms with Gasteiger partial charge in [-0.05, 0) is 26.0 Å². The first kappa shape index (κ1) is 8.78. The summed E-state index contributed by atoms with van der Waals surface area (Å²) < 4.78 is 5.36. The first-order valence-electron chi connectivity index (χ1n) is 3.95. The van der Waals surface area contributed by atoms with E-state index in [-0.39, 0.29) is 11.5 Å². The van der Waals surface area contributed by atoms with Gasteiger partial charge in [0, 0.05) is 6.07 Å². The van der Waals surface area contributed by atoms with Crippen LogP contribution in [0.5, 0.6) is 5.75 Å². The second-order valence-electron chi connectivity index (χ2n) is 2.83. The van der Waals surface area contributed by atoms with Crippen LogP contribution in [0.2, 0.25) is 0 Å². The zero-order chi connectivity index (χ0) is 8.97. The summed E-state index contributed by atoms with van der Waals surface area (Å²) in [7, 11) is 0. The van der Waals surface area contributed by atoms with E-state index in [9.17, 15) is 4.79 Å². The molecule has 2 nitrogen and oxygen atoms in total. The van der Waals surface area contributed by atoms with Gasteiger partial charge in [0.25, 0.3) is 0 Å². The minimum absolute atomic E-state index is 0.0318. The Labute approximate surface area is 71.8 Å². The van der Waals surface area contributed by atoms with Crippen molar-refractivity contribution >= 4 is 0 Å². The number of hydrogen-bond donors (Lipinski definition) is 0. The third kappa shape index (κ3) is 2.74. The fourth-order valence-corrected chi connectivity index (χ4v) is 0.883. The molecule has 0 N–H and O–H groups in total. The average molecular weight is 164 g/mol. The van der Waals surface area contributed by atoms with Gasteiger partial charge in [-0.15, -0.1) is 0 Å². The van der Waals surface area contributed by atoms with E-state index in [4.69, 9.17) is 4.74 Å². The molecule has 0 atom stereocenters. The van der Waals surface area contributed by atoms with Crippen LogP contribution in [-0.2, 0) is 0 Å². The lowest BCUT2D eigenvalue weighted by atomic mass is 10.4. The highest BCUT2D eigenvalue weighted by Gasteiger charge is 1.94. The Bertz CT molecular complexity index is 305. The Morgan fingerprint density at radius 3 is 2.58 bits per heavy atom. The van der Waals surface area contributed by atoms with Crippen molar-refractivity contribution in [3.05, 3.63) is 40.6 Å². The molecule has 64 valence electrons. The van der Waals surface area contributed by atoms with Gasteiger partial charge in [0.2, 0.25) is 0 Å². The molecule has 0 saturated heterocycles. The Kier molecular flexibility index (Phi) is 2.86. The first-order valence-corrected chi connectivity index (χ1v) is 3.95. The zero-order valence-corrected chi connectivity index (χ0v) is 7.28. The largest absolute Gasteiger partial charge is 0.491 e. The zero-order valence-electron chi connectivity index (χ0n) is 7.28. The molecule has 0 amide bonds. The minimum Gasteiger partial charge on any atom is -0.491 e. The van der Waals surface area contributed by atoms with Gasteiger partial charge in [0.15, 0.2) is 5.43 Å². The molecule has 0 radical (unpaired) electrons. The standard InChI is InChI=1S/C10H12O2/c1-8(2)12-10-6-4-3-5-9(11)7-10/h3-8H,1-2H3. The van der Waals surface area contributed by atoms with Gasteiger partial charge in [0.1, 0.15) is 5.75 Å². The van der Waals surface area contributed by atoms with Crippen molar-refractivity contribution in [2.45, 2.75) is 20.0 Å². The second kappa shape index (κ2) is 3.90. The Morgan fingerprint density at radius 1 is 1.25 bits per heavy atom.